The fourth-order valence-electron chi connectivity index (χ4n) is 2.01. The summed E-state index contributed by atoms with van der Waals surface area (Å²) in [5.74, 6) is 0.460. The van der Waals surface area contributed by atoms with E-state index in [9.17, 15) is 4.79 Å². The Kier molecular flexibility index (Phi) is 8.53. The number of nitrogens with zero attached hydrogens (tertiary/aromatic N) is 1. The van der Waals surface area contributed by atoms with Crippen molar-refractivity contribution in [1.29, 1.82) is 0 Å². The van der Waals surface area contributed by atoms with Gasteiger partial charge < -0.3 is 20.5 Å². The number of ether oxygens (including phenoxy) is 2. The van der Waals surface area contributed by atoms with E-state index < -0.39 is 5.91 Å². The van der Waals surface area contributed by atoms with Gasteiger partial charge in [-0.15, -0.1) is 12.4 Å². The van der Waals surface area contributed by atoms with Crippen LogP contribution in [0.2, 0.25) is 0 Å². The molecule has 0 aliphatic carbocycles. The van der Waals surface area contributed by atoms with E-state index in [2.05, 4.69) is 26.2 Å². The van der Waals surface area contributed by atoms with E-state index in [0.29, 0.717) is 29.1 Å². The molecule has 0 fully saturated rings. The molecule has 130 valence electrons. The van der Waals surface area contributed by atoms with Crippen molar-refractivity contribution in [1.82, 2.24) is 10.3 Å². The topological polar surface area (TPSA) is 86.5 Å². The number of carbonyl (C=O) groups is 1. The number of hydrogen-bond acceptors (Lipinski definition) is 5. The van der Waals surface area contributed by atoms with Crippen molar-refractivity contribution < 1.29 is 14.3 Å². The lowest BCUT2D eigenvalue weighted by Crippen LogP contribution is -2.20. The minimum Gasteiger partial charge on any atom is -0.493 e. The van der Waals surface area contributed by atoms with E-state index in [0.717, 1.165) is 11.1 Å². The second kappa shape index (κ2) is 10.1. The Labute approximate surface area is 155 Å². The van der Waals surface area contributed by atoms with Crippen molar-refractivity contribution in [2.75, 3.05) is 13.7 Å². The molecular formula is C16H19BrClN3O3. The molecule has 8 heteroatoms. The van der Waals surface area contributed by atoms with Gasteiger partial charge in [0, 0.05) is 25.5 Å². The standard InChI is InChI=1S/C16H18BrN3O3.ClH/c1-22-14-6-12(5-13(17)16(14)23-10-15(18)21)9-20-8-11-3-2-4-19-7-11;/h2-7,20H,8-10H2,1H3,(H2,18,21);1H. The van der Waals surface area contributed by atoms with Crippen molar-refractivity contribution in [2.24, 2.45) is 5.73 Å². The molecule has 24 heavy (non-hydrogen) atoms. The molecule has 2 rings (SSSR count). The molecule has 0 aliphatic rings. The number of nitrogens with one attached hydrogen (secondary N) is 1. The van der Waals surface area contributed by atoms with Gasteiger partial charge in [-0.25, -0.2) is 0 Å². The number of pyridine rings is 1. The van der Waals surface area contributed by atoms with Gasteiger partial charge in [0.2, 0.25) is 0 Å². The SMILES string of the molecule is COc1cc(CNCc2cccnc2)cc(Br)c1OCC(N)=O.Cl. The van der Waals surface area contributed by atoms with Crippen molar-refractivity contribution in [3.8, 4) is 11.5 Å². The summed E-state index contributed by atoms with van der Waals surface area (Å²) in [6, 6.07) is 7.69. The number of hydrogen-bond donors (Lipinski definition) is 2. The molecule has 0 aliphatic heterocycles. The number of aromatic nitrogens is 1. The van der Waals surface area contributed by atoms with Gasteiger partial charge in [-0.2, -0.15) is 0 Å². The third kappa shape index (κ3) is 5.99. The van der Waals surface area contributed by atoms with Crippen LogP contribution in [0.25, 0.3) is 0 Å². The highest BCUT2D eigenvalue weighted by atomic mass is 79.9. The first-order chi connectivity index (χ1) is 11.1. The largest absolute Gasteiger partial charge is 0.493 e. The molecule has 1 heterocycles. The number of methoxy groups -OCH3 is 1. The van der Waals surface area contributed by atoms with E-state index in [4.69, 9.17) is 15.2 Å². The molecule has 3 N–H and O–H groups in total. The molecule has 6 nitrogen and oxygen atoms in total. The van der Waals surface area contributed by atoms with E-state index >= 15 is 0 Å². The zero-order valence-electron chi connectivity index (χ0n) is 13.1. The zero-order chi connectivity index (χ0) is 16.7. The highest BCUT2D eigenvalue weighted by Crippen LogP contribution is 2.36. The van der Waals surface area contributed by atoms with Crippen molar-refractivity contribution >= 4 is 34.2 Å². The van der Waals surface area contributed by atoms with E-state index in [1.54, 1.807) is 13.3 Å². The summed E-state index contributed by atoms with van der Waals surface area (Å²) in [5.41, 5.74) is 7.23. The van der Waals surface area contributed by atoms with E-state index in [1.807, 2.05) is 30.5 Å². The molecule has 1 amide bonds. The monoisotopic (exact) mass is 415 g/mol. The first-order valence-corrected chi connectivity index (χ1v) is 7.76. The van der Waals surface area contributed by atoms with Gasteiger partial charge in [-0.05, 0) is 45.3 Å². The van der Waals surface area contributed by atoms with Crippen LogP contribution in [0.5, 0.6) is 11.5 Å². The lowest BCUT2D eigenvalue weighted by molar-refractivity contribution is -0.119. The van der Waals surface area contributed by atoms with Gasteiger partial charge in [-0.1, -0.05) is 6.07 Å². The van der Waals surface area contributed by atoms with Crippen molar-refractivity contribution in [3.63, 3.8) is 0 Å². The normalized spacial score (nSPS) is 9.92. The summed E-state index contributed by atoms with van der Waals surface area (Å²) in [7, 11) is 1.55. The summed E-state index contributed by atoms with van der Waals surface area (Å²) in [6.45, 7) is 1.17. The second-order valence-corrected chi connectivity index (χ2v) is 5.68. The van der Waals surface area contributed by atoms with Gasteiger partial charge in [0.15, 0.2) is 18.1 Å². The van der Waals surface area contributed by atoms with Gasteiger partial charge in [-0.3, -0.25) is 9.78 Å². The molecule has 0 bridgehead atoms. The van der Waals surface area contributed by atoms with Crippen LogP contribution in [0.4, 0.5) is 0 Å². The minimum absolute atomic E-state index is 0. The molecule has 0 radical (unpaired) electrons. The number of amides is 1. The molecule has 0 atom stereocenters. The Hall–Kier alpha value is -1.83. The third-order valence-corrected chi connectivity index (χ3v) is 3.62. The summed E-state index contributed by atoms with van der Waals surface area (Å²) in [4.78, 5) is 14.9. The number of rotatable bonds is 8. The maximum atomic E-state index is 10.9. The predicted octanol–water partition coefficient (Wildman–Crippen LogP) is 2.43. The molecule has 0 unspecified atom stereocenters. The fourth-order valence-corrected chi connectivity index (χ4v) is 2.62. The average Bonchev–Trinajstić information content (AvgIpc) is 2.54. The highest BCUT2D eigenvalue weighted by molar-refractivity contribution is 9.10. The lowest BCUT2D eigenvalue weighted by atomic mass is 10.2. The highest BCUT2D eigenvalue weighted by Gasteiger charge is 2.12. The van der Waals surface area contributed by atoms with Crippen LogP contribution < -0.4 is 20.5 Å². The van der Waals surface area contributed by atoms with Gasteiger partial charge in [0.1, 0.15) is 0 Å². The summed E-state index contributed by atoms with van der Waals surface area (Å²) < 4.78 is 11.4. The predicted molar refractivity (Wildman–Crippen MR) is 97.4 cm³/mol. The van der Waals surface area contributed by atoms with Crippen LogP contribution in [-0.4, -0.2) is 24.6 Å². The maximum absolute atomic E-state index is 10.9. The van der Waals surface area contributed by atoms with Crippen molar-refractivity contribution in [3.05, 3.63) is 52.3 Å². The van der Waals surface area contributed by atoms with Crippen LogP contribution in [0.1, 0.15) is 11.1 Å². The van der Waals surface area contributed by atoms with Crippen LogP contribution in [0.3, 0.4) is 0 Å². The summed E-state index contributed by atoms with van der Waals surface area (Å²) in [6.07, 6.45) is 3.57. The smallest absolute Gasteiger partial charge is 0.255 e. The lowest BCUT2D eigenvalue weighted by Gasteiger charge is -2.14. The molecule has 2 aromatic rings. The quantitative estimate of drug-likeness (QED) is 0.690. The Bertz CT molecular complexity index is 671. The number of benzene rings is 1. The molecule has 0 spiro atoms. The van der Waals surface area contributed by atoms with Crippen LogP contribution in [-0.2, 0) is 17.9 Å². The minimum atomic E-state index is -0.541. The first-order valence-electron chi connectivity index (χ1n) is 6.97. The Morgan fingerprint density at radius 2 is 2.08 bits per heavy atom. The van der Waals surface area contributed by atoms with Gasteiger partial charge in [0.25, 0.3) is 5.91 Å². The zero-order valence-corrected chi connectivity index (χ0v) is 15.5. The maximum Gasteiger partial charge on any atom is 0.255 e. The molecule has 0 saturated heterocycles. The Morgan fingerprint density at radius 3 is 2.71 bits per heavy atom. The third-order valence-electron chi connectivity index (χ3n) is 3.03. The Balaban J connectivity index is 0.00000288. The first kappa shape index (κ1) is 20.2. The van der Waals surface area contributed by atoms with Crippen LogP contribution in [0.15, 0.2) is 41.1 Å². The molecular weight excluding hydrogens is 398 g/mol. The van der Waals surface area contributed by atoms with Crippen molar-refractivity contribution in [2.45, 2.75) is 13.1 Å². The van der Waals surface area contributed by atoms with E-state index in [1.165, 1.54) is 0 Å². The number of nitrogens with two attached hydrogens (primary N) is 1. The number of primary amides is 1. The molecule has 1 aromatic heterocycles. The molecule has 1 aromatic carbocycles. The van der Waals surface area contributed by atoms with Crippen LogP contribution in [0, 0.1) is 0 Å². The average molecular weight is 417 g/mol. The Morgan fingerprint density at radius 1 is 1.33 bits per heavy atom. The van der Waals surface area contributed by atoms with E-state index in [-0.39, 0.29) is 19.0 Å². The summed E-state index contributed by atoms with van der Waals surface area (Å²) >= 11 is 3.43. The fraction of sp³-hybridized carbons (Fsp3) is 0.250. The number of halogens is 2. The van der Waals surface area contributed by atoms with Gasteiger partial charge in [0.05, 0.1) is 11.6 Å². The second-order valence-electron chi connectivity index (χ2n) is 4.83. The molecule has 0 saturated carbocycles. The summed E-state index contributed by atoms with van der Waals surface area (Å²) in [5, 5.41) is 3.33. The van der Waals surface area contributed by atoms with Gasteiger partial charge >= 0.3 is 0 Å². The number of carbonyl (C=O) groups excluding carboxylic acids is 1. The van der Waals surface area contributed by atoms with Crippen LogP contribution >= 0.6 is 28.3 Å².